The first-order valence-corrected chi connectivity index (χ1v) is 6.69. The van der Waals surface area contributed by atoms with Gasteiger partial charge in [0.1, 0.15) is 5.84 Å². The molecule has 0 saturated carbocycles. The molecule has 1 aliphatic heterocycles. The van der Waals surface area contributed by atoms with E-state index < -0.39 is 5.66 Å². The van der Waals surface area contributed by atoms with Gasteiger partial charge in [-0.3, -0.25) is 4.99 Å². The number of fused-ring (bicyclic) bond motifs is 2. The molecule has 17 heavy (non-hydrogen) atoms. The fraction of sp³-hybridized carbons (Fsp3) is 0.385. The summed E-state index contributed by atoms with van der Waals surface area (Å²) >= 11 is 3.73. The molecule has 0 amide bonds. The van der Waals surface area contributed by atoms with E-state index in [1.54, 1.807) is 0 Å². The predicted molar refractivity (Wildman–Crippen MR) is 73.9 cm³/mol. The second-order valence-electron chi connectivity index (χ2n) is 4.58. The van der Waals surface area contributed by atoms with Crippen molar-refractivity contribution in [2.24, 2.45) is 15.7 Å². The normalized spacial score (nSPS) is 31.1. The van der Waals surface area contributed by atoms with E-state index in [9.17, 15) is 0 Å². The molecule has 3 rings (SSSR count). The molecule has 0 bridgehead atoms. The zero-order chi connectivity index (χ0) is 12.0. The molecule has 1 heterocycles. The highest BCUT2D eigenvalue weighted by Crippen LogP contribution is 2.45. The number of hydrogen-bond acceptors (Lipinski definition) is 3. The number of amidine groups is 1. The van der Waals surface area contributed by atoms with Crippen LogP contribution in [0.5, 0.6) is 0 Å². The minimum absolute atomic E-state index is 0.223. The van der Waals surface area contributed by atoms with Crippen molar-refractivity contribution in [3.8, 4) is 0 Å². The first-order valence-electron chi connectivity index (χ1n) is 5.78. The Hall–Kier alpha value is -1.16. The predicted octanol–water partition coefficient (Wildman–Crippen LogP) is 2.38. The number of aliphatic imine (C=N–C) groups is 2. The largest absolute Gasteiger partial charge is 0.382 e. The van der Waals surface area contributed by atoms with Crippen molar-refractivity contribution >= 4 is 27.5 Å². The molecule has 0 saturated heterocycles. The number of aryl methyl sites for hydroxylation is 1. The second kappa shape index (κ2) is 3.67. The Labute approximate surface area is 109 Å². The van der Waals surface area contributed by atoms with Crippen molar-refractivity contribution in [1.82, 2.24) is 0 Å². The lowest BCUT2D eigenvalue weighted by Gasteiger charge is -2.35. The van der Waals surface area contributed by atoms with Gasteiger partial charge in [-0.25, -0.2) is 4.99 Å². The molecular weight excluding hydrogens is 278 g/mol. The summed E-state index contributed by atoms with van der Waals surface area (Å²) in [6.07, 6.45) is 2.10. The summed E-state index contributed by atoms with van der Waals surface area (Å²) in [5.41, 5.74) is 8.74. The number of hydrogen-bond donors (Lipinski definition) is 1. The van der Waals surface area contributed by atoms with Crippen LogP contribution in [0.1, 0.15) is 24.5 Å². The first kappa shape index (κ1) is 11.0. The van der Waals surface area contributed by atoms with Crippen molar-refractivity contribution in [3.63, 3.8) is 0 Å². The van der Waals surface area contributed by atoms with Gasteiger partial charge in [-0.15, -0.1) is 0 Å². The summed E-state index contributed by atoms with van der Waals surface area (Å²) in [7, 11) is 0. The zero-order valence-corrected chi connectivity index (χ0v) is 11.2. The Bertz CT molecular complexity index is 515. The van der Waals surface area contributed by atoms with E-state index in [1.807, 2.05) is 13.0 Å². The minimum atomic E-state index is -0.525. The van der Waals surface area contributed by atoms with Gasteiger partial charge in [-0.1, -0.05) is 40.2 Å². The molecule has 0 fully saturated rings. The number of halogens is 1. The standard InChI is InChI=1S/C13H14BrN3/c1-8-12(15)17-13(16-8)10-5-3-2-4-9(10)6-7-11(13)14/h2-5,11H,6-7H2,1H3,(H2,15,17). The summed E-state index contributed by atoms with van der Waals surface area (Å²) in [6, 6.07) is 8.38. The highest BCUT2D eigenvalue weighted by molar-refractivity contribution is 9.09. The van der Waals surface area contributed by atoms with Gasteiger partial charge < -0.3 is 5.73 Å². The van der Waals surface area contributed by atoms with Crippen LogP contribution in [0.15, 0.2) is 34.3 Å². The van der Waals surface area contributed by atoms with Gasteiger partial charge in [-0.2, -0.15) is 0 Å². The van der Waals surface area contributed by atoms with Crippen LogP contribution >= 0.6 is 15.9 Å². The first-order chi connectivity index (χ1) is 8.13. The van der Waals surface area contributed by atoms with E-state index >= 15 is 0 Å². The Morgan fingerprint density at radius 2 is 2.12 bits per heavy atom. The molecule has 1 aliphatic carbocycles. The maximum Gasteiger partial charge on any atom is 0.191 e. The molecule has 3 nitrogen and oxygen atoms in total. The topological polar surface area (TPSA) is 50.7 Å². The average molecular weight is 292 g/mol. The number of rotatable bonds is 0. The van der Waals surface area contributed by atoms with E-state index in [0.29, 0.717) is 5.84 Å². The van der Waals surface area contributed by atoms with Crippen LogP contribution in [0, 0.1) is 0 Å². The second-order valence-corrected chi connectivity index (χ2v) is 5.69. The lowest BCUT2D eigenvalue weighted by atomic mass is 9.83. The molecule has 2 aliphatic rings. The van der Waals surface area contributed by atoms with Crippen LogP contribution in [0.25, 0.3) is 0 Å². The highest BCUT2D eigenvalue weighted by Gasteiger charge is 2.45. The zero-order valence-electron chi connectivity index (χ0n) is 9.65. The average Bonchev–Trinajstić information content (AvgIpc) is 2.63. The van der Waals surface area contributed by atoms with Gasteiger partial charge in [0, 0.05) is 5.56 Å². The van der Waals surface area contributed by atoms with Gasteiger partial charge in [0.2, 0.25) is 0 Å². The van der Waals surface area contributed by atoms with E-state index in [-0.39, 0.29) is 4.83 Å². The van der Waals surface area contributed by atoms with Crippen molar-refractivity contribution in [2.75, 3.05) is 0 Å². The van der Waals surface area contributed by atoms with Crippen molar-refractivity contribution in [2.45, 2.75) is 30.3 Å². The monoisotopic (exact) mass is 291 g/mol. The smallest absolute Gasteiger partial charge is 0.191 e. The Morgan fingerprint density at radius 1 is 1.35 bits per heavy atom. The Morgan fingerprint density at radius 3 is 2.82 bits per heavy atom. The molecule has 0 radical (unpaired) electrons. The lowest BCUT2D eigenvalue weighted by molar-refractivity contribution is 0.420. The van der Waals surface area contributed by atoms with Crippen molar-refractivity contribution in [3.05, 3.63) is 35.4 Å². The molecule has 2 atom stereocenters. The highest BCUT2D eigenvalue weighted by atomic mass is 79.9. The van der Waals surface area contributed by atoms with E-state index in [0.717, 1.165) is 18.6 Å². The summed E-state index contributed by atoms with van der Waals surface area (Å²) in [6.45, 7) is 1.92. The van der Waals surface area contributed by atoms with Crippen LogP contribution in [-0.2, 0) is 12.1 Å². The fourth-order valence-electron chi connectivity index (χ4n) is 2.61. The van der Waals surface area contributed by atoms with E-state index in [1.165, 1.54) is 11.1 Å². The van der Waals surface area contributed by atoms with Gasteiger partial charge >= 0.3 is 0 Å². The molecule has 1 aromatic rings. The molecule has 4 heteroatoms. The third-order valence-electron chi connectivity index (χ3n) is 3.52. The van der Waals surface area contributed by atoms with Gasteiger partial charge in [0.25, 0.3) is 0 Å². The summed E-state index contributed by atoms with van der Waals surface area (Å²) in [4.78, 5) is 9.57. The minimum Gasteiger partial charge on any atom is -0.382 e. The van der Waals surface area contributed by atoms with E-state index in [4.69, 9.17) is 10.7 Å². The maximum atomic E-state index is 5.90. The molecular formula is C13H14BrN3. The number of nitrogens with zero attached hydrogens (tertiary/aromatic N) is 2. The SMILES string of the molecule is CC1=NC2(N=C1N)c1ccccc1CCC2Br. The quantitative estimate of drug-likeness (QED) is 0.733. The van der Waals surface area contributed by atoms with Crippen molar-refractivity contribution < 1.29 is 0 Å². The Balaban J connectivity index is 2.24. The maximum absolute atomic E-state index is 5.90. The molecule has 88 valence electrons. The third kappa shape index (κ3) is 1.47. The number of nitrogens with two attached hydrogens (primary N) is 1. The van der Waals surface area contributed by atoms with Crippen LogP contribution < -0.4 is 5.73 Å². The van der Waals surface area contributed by atoms with Gasteiger partial charge in [0.05, 0.1) is 10.5 Å². The fourth-order valence-corrected chi connectivity index (χ4v) is 3.29. The van der Waals surface area contributed by atoms with Gasteiger partial charge in [0.15, 0.2) is 5.66 Å². The van der Waals surface area contributed by atoms with Gasteiger partial charge in [-0.05, 0) is 25.3 Å². The van der Waals surface area contributed by atoms with Crippen LogP contribution in [-0.4, -0.2) is 16.4 Å². The lowest BCUT2D eigenvalue weighted by Crippen LogP contribution is -2.36. The summed E-state index contributed by atoms with van der Waals surface area (Å²) in [5.74, 6) is 0.561. The molecule has 1 spiro atoms. The Kier molecular flexibility index (Phi) is 2.36. The molecule has 0 aromatic heterocycles. The molecule has 2 unspecified atom stereocenters. The van der Waals surface area contributed by atoms with Crippen molar-refractivity contribution in [1.29, 1.82) is 0 Å². The number of alkyl halides is 1. The van der Waals surface area contributed by atoms with Crippen LogP contribution in [0.4, 0.5) is 0 Å². The van der Waals surface area contributed by atoms with Crippen LogP contribution in [0.2, 0.25) is 0 Å². The summed E-state index contributed by atoms with van der Waals surface area (Å²) < 4.78 is 0. The third-order valence-corrected chi connectivity index (χ3v) is 4.61. The van der Waals surface area contributed by atoms with Crippen LogP contribution in [0.3, 0.4) is 0 Å². The molecule has 2 N–H and O–H groups in total. The summed E-state index contributed by atoms with van der Waals surface area (Å²) in [5, 5.41) is 0. The molecule has 1 aromatic carbocycles. The van der Waals surface area contributed by atoms with E-state index in [2.05, 4.69) is 39.1 Å². The number of benzene rings is 1.